The third-order valence-electron chi connectivity index (χ3n) is 2.28. The van der Waals surface area contributed by atoms with Crippen molar-refractivity contribution in [1.82, 2.24) is 0 Å². The molecule has 1 unspecified atom stereocenters. The maximum atomic E-state index is 12.3. The van der Waals surface area contributed by atoms with E-state index in [9.17, 15) is 8.78 Å². The Labute approximate surface area is 66.3 Å². The number of rotatable bonds is 3. The molecule has 0 aromatic carbocycles. The van der Waals surface area contributed by atoms with Gasteiger partial charge in [0, 0.05) is 12.8 Å². The number of hydrogen-bond acceptors (Lipinski definition) is 0. The van der Waals surface area contributed by atoms with Crippen LogP contribution in [0.3, 0.4) is 0 Å². The molecule has 0 aromatic heterocycles. The van der Waals surface area contributed by atoms with Gasteiger partial charge in [0.2, 0.25) is 5.92 Å². The first-order valence-electron chi connectivity index (χ1n) is 4.04. The van der Waals surface area contributed by atoms with Crippen LogP contribution in [0.2, 0.25) is 0 Å². The predicted molar refractivity (Wildman–Crippen MR) is 41.6 cm³/mol. The quantitative estimate of drug-likeness (QED) is 0.556. The molecule has 1 rings (SSSR count). The first-order valence-corrected chi connectivity index (χ1v) is 4.04. The van der Waals surface area contributed by atoms with Crippen molar-refractivity contribution in [2.45, 2.75) is 32.1 Å². The molecule has 0 nitrogen and oxygen atoms in total. The van der Waals surface area contributed by atoms with E-state index in [-0.39, 0.29) is 18.8 Å². The molecule has 0 N–H and O–H groups in total. The average molecular weight is 160 g/mol. The Morgan fingerprint density at radius 2 is 2.18 bits per heavy atom. The topological polar surface area (TPSA) is 0 Å². The van der Waals surface area contributed by atoms with Gasteiger partial charge in [-0.3, -0.25) is 0 Å². The molecule has 0 aromatic rings. The second kappa shape index (κ2) is 2.92. The summed E-state index contributed by atoms with van der Waals surface area (Å²) in [5.74, 6) is -1.74. The lowest BCUT2D eigenvalue weighted by atomic mass is 9.76. The molecule has 0 amide bonds. The summed E-state index contributed by atoms with van der Waals surface area (Å²) in [6, 6.07) is 0. The zero-order chi connectivity index (χ0) is 8.48. The highest BCUT2D eigenvalue weighted by atomic mass is 19.3. The SMILES string of the molecule is C=CC(C)CC1CC(F)(F)C1. The second-order valence-electron chi connectivity index (χ2n) is 3.58. The summed E-state index contributed by atoms with van der Waals surface area (Å²) in [7, 11) is 0. The minimum Gasteiger partial charge on any atom is -0.207 e. The smallest absolute Gasteiger partial charge is 0.207 e. The van der Waals surface area contributed by atoms with Crippen molar-refractivity contribution >= 4 is 0 Å². The highest BCUT2D eigenvalue weighted by molar-refractivity contribution is 4.89. The Morgan fingerprint density at radius 1 is 1.64 bits per heavy atom. The molecule has 1 aliphatic carbocycles. The largest absolute Gasteiger partial charge is 0.248 e. The molecule has 0 spiro atoms. The van der Waals surface area contributed by atoms with Crippen molar-refractivity contribution in [2.75, 3.05) is 0 Å². The molecule has 0 saturated heterocycles. The number of halogens is 2. The Bertz CT molecular complexity index is 144. The van der Waals surface area contributed by atoms with E-state index in [2.05, 4.69) is 6.58 Å². The van der Waals surface area contributed by atoms with E-state index in [1.165, 1.54) is 0 Å². The van der Waals surface area contributed by atoms with Gasteiger partial charge in [0.25, 0.3) is 0 Å². The van der Waals surface area contributed by atoms with Gasteiger partial charge >= 0.3 is 0 Å². The fraction of sp³-hybridized carbons (Fsp3) is 0.778. The highest BCUT2D eigenvalue weighted by Gasteiger charge is 2.44. The van der Waals surface area contributed by atoms with Gasteiger partial charge in [-0.05, 0) is 18.3 Å². The van der Waals surface area contributed by atoms with Crippen LogP contribution in [0.4, 0.5) is 8.78 Å². The minimum absolute atomic E-state index is 0.0885. The number of hydrogen-bond donors (Lipinski definition) is 0. The van der Waals surface area contributed by atoms with Crippen molar-refractivity contribution in [3.8, 4) is 0 Å². The van der Waals surface area contributed by atoms with Crippen LogP contribution in [0.15, 0.2) is 12.7 Å². The van der Waals surface area contributed by atoms with Gasteiger partial charge in [0.1, 0.15) is 0 Å². The fourth-order valence-corrected chi connectivity index (χ4v) is 1.57. The standard InChI is InChI=1S/C9H14F2/c1-3-7(2)4-8-5-9(10,11)6-8/h3,7-8H,1,4-6H2,2H3. The van der Waals surface area contributed by atoms with Crippen molar-refractivity contribution in [3.63, 3.8) is 0 Å². The van der Waals surface area contributed by atoms with Crippen LogP contribution in [0.25, 0.3) is 0 Å². The van der Waals surface area contributed by atoms with E-state index in [1.807, 2.05) is 13.0 Å². The lowest BCUT2D eigenvalue weighted by Gasteiger charge is -2.35. The molecule has 1 aliphatic rings. The Balaban J connectivity index is 2.18. The third kappa shape index (κ3) is 2.28. The van der Waals surface area contributed by atoms with Crippen LogP contribution >= 0.6 is 0 Å². The average Bonchev–Trinajstić information content (AvgIpc) is 1.83. The Hall–Kier alpha value is -0.400. The van der Waals surface area contributed by atoms with Crippen LogP contribution < -0.4 is 0 Å². The summed E-state index contributed by atoms with van der Waals surface area (Å²) in [4.78, 5) is 0. The zero-order valence-electron chi connectivity index (χ0n) is 6.82. The maximum Gasteiger partial charge on any atom is 0.248 e. The van der Waals surface area contributed by atoms with Crippen LogP contribution in [0, 0.1) is 11.8 Å². The molecule has 0 heterocycles. The summed E-state index contributed by atoms with van der Waals surface area (Å²) >= 11 is 0. The lowest BCUT2D eigenvalue weighted by Crippen LogP contribution is -2.35. The molecule has 1 saturated carbocycles. The molecule has 0 bridgehead atoms. The summed E-state index contributed by atoms with van der Waals surface area (Å²) in [6.07, 6.45) is 2.88. The van der Waals surface area contributed by atoms with E-state index >= 15 is 0 Å². The first-order chi connectivity index (χ1) is 5.03. The first kappa shape index (κ1) is 8.69. The molecular formula is C9H14F2. The minimum atomic E-state index is -2.36. The van der Waals surface area contributed by atoms with E-state index in [4.69, 9.17) is 0 Å². The van der Waals surface area contributed by atoms with Crippen molar-refractivity contribution < 1.29 is 8.78 Å². The molecule has 2 heteroatoms. The van der Waals surface area contributed by atoms with Crippen LogP contribution in [0.1, 0.15) is 26.2 Å². The van der Waals surface area contributed by atoms with E-state index in [0.717, 1.165) is 6.42 Å². The molecule has 1 atom stereocenters. The lowest BCUT2D eigenvalue weighted by molar-refractivity contribution is -0.113. The molecule has 0 aliphatic heterocycles. The van der Waals surface area contributed by atoms with E-state index in [1.54, 1.807) is 0 Å². The summed E-state index contributed by atoms with van der Waals surface area (Å²) < 4.78 is 24.6. The normalized spacial score (nSPS) is 25.7. The Morgan fingerprint density at radius 3 is 2.55 bits per heavy atom. The van der Waals surface area contributed by atoms with Gasteiger partial charge in [-0.2, -0.15) is 0 Å². The molecule has 1 fully saturated rings. The van der Waals surface area contributed by atoms with Gasteiger partial charge in [-0.1, -0.05) is 13.0 Å². The van der Waals surface area contributed by atoms with E-state index < -0.39 is 5.92 Å². The molecule has 11 heavy (non-hydrogen) atoms. The molecule has 0 radical (unpaired) electrons. The van der Waals surface area contributed by atoms with Gasteiger partial charge in [-0.15, -0.1) is 6.58 Å². The number of alkyl halides is 2. The summed E-state index contributed by atoms with van der Waals surface area (Å²) in [5.41, 5.74) is 0. The predicted octanol–water partition coefficient (Wildman–Crippen LogP) is 3.24. The summed E-state index contributed by atoms with van der Waals surface area (Å²) in [6.45, 7) is 5.64. The zero-order valence-corrected chi connectivity index (χ0v) is 6.82. The van der Waals surface area contributed by atoms with E-state index in [0.29, 0.717) is 5.92 Å². The summed E-state index contributed by atoms with van der Waals surface area (Å²) in [5, 5.41) is 0. The third-order valence-corrected chi connectivity index (χ3v) is 2.28. The van der Waals surface area contributed by atoms with Gasteiger partial charge in [-0.25, -0.2) is 8.78 Å². The molecular weight excluding hydrogens is 146 g/mol. The van der Waals surface area contributed by atoms with Crippen molar-refractivity contribution in [2.24, 2.45) is 11.8 Å². The van der Waals surface area contributed by atoms with Gasteiger partial charge in [0.15, 0.2) is 0 Å². The van der Waals surface area contributed by atoms with Crippen LogP contribution in [0.5, 0.6) is 0 Å². The number of allylic oxidation sites excluding steroid dienone is 1. The van der Waals surface area contributed by atoms with Gasteiger partial charge < -0.3 is 0 Å². The monoisotopic (exact) mass is 160 g/mol. The van der Waals surface area contributed by atoms with Crippen molar-refractivity contribution in [3.05, 3.63) is 12.7 Å². The van der Waals surface area contributed by atoms with Crippen LogP contribution in [-0.4, -0.2) is 5.92 Å². The second-order valence-corrected chi connectivity index (χ2v) is 3.58. The fourth-order valence-electron chi connectivity index (χ4n) is 1.57. The van der Waals surface area contributed by atoms with Gasteiger partial charge in [0.05, 0.1) is 0 Å². The van der Waals surface area contributed by atoms with Crippen molar-refractivity contribution in [1.29, 1.82) is 0 Å². The van der Waals surface area contributed by atoms with Crippen LogP contribution in [-0.2, 0) is 0 Å². The highest BCUT2D eigenvalue weighted by Crippen LogP contribution is 2.45. The maximum absolute atomic E-state index is 12.3. The molecule has 64 valence electrons. The Kier molecular flexibility index (Phi) is 2.31.